The number of nitrogens with zero attached hydrogens (tertiary/aromatic N) is 1. The van der Waals surface area contributed by atoms with Crippen molar-refractivity contribution in [2.75, 3.05) is 11.4 Å². The lowest BCUT2D eigenvalue weighted by Gasteiger charge is -2.23. The van der Waals surface area contributed by atoms with Crippen LogP contribution in [-0.2, 0) is 10.9 Å². The molecule has 1 fully saturated rings. The quantitative estimate of drug-likeness (QED) is 0.805. The zero-order valence-corrected chi connectivity index (χ0v) is 14.4. The third kappa shape index (κ3) is 4.59. The van der Waals surface area contributed by atoms with Gasteiger partial charge in [-0.1, -0.05) is 12.2 Å². The molecule has 1 heterocycles. The van der Waals surface area contributed by atoms with E-state index in [0.717, 1.165) is 12.1 Å². The summed E-state index contributed by atoms with van der Waals surface area (Å²) in [5, 5.41) is 2.68. The fourth-order valence-electron chi connectivity index (χ4n) is 2.31. The number of rotatable bonds is 2. The Hall–Kier alpha value is -1.83. The highest BCUT2D eigenvalue weighted by Crippen LogP contribution is 2.32. The summed E-state index contributed by atoms with van der Waals surface area (Å²) in [6, 6.07) is 4.76. The first-order chi connectivity index (χ1) is 11.0. The monoisotopic (exact) mass is 360 g/mol. The largest absolute Gasteiger partial charge is 0.439 e. The topological polar surface area (TPSA) is 41.6 Å². The standard InChI is InChI=1S/C16H19F3N2O2S/c1-15(2,3)20-14(22)23-12-8-9-21(13(12)24)11-6-4-10(5-7-11)16(17,18)19/h4-7,12H,8-9H2,1-3H3,(H,20,22). The third-order valence-electron chi connectivity index (χ3n) is 3.39. The third-order valence-corrected chi connectivity index (χ3v) is 3.87. The van der Waals surface area contributed by atoms with Gasteiger partial charge in [-0.3, -0.25) is 0 Å². The smallest absolute Gasteiger partial charge is 0.416 e. The number of carbonyl (C=O) groups excluding carboxylic acids is 1. The van der Waals surface area contributed by atoms with Crippen molar-refractivity contribution in [3.8, 4) is 0 Å². The number of hydrogen-bond acceptors (Lipinski definition) is 3. The predicted octanol–water partition coefficient (Wildman–Crippen LogP) is 4.14. The summed E-state index contributed by atoms with van der Waals surface area (Å²) in [5.74, 6) is 0. The summed E-state index contributed by atoms with van der Waals surface area (Å²) < 4.78 is 43.1. The van der Waals surface area contributed by atoms with Crippen LogP contribution < -0.4 is 10.2 Å². The van der Waals surface area contributed by atoms with E-state index in [1.165, 1.54) is 12.1 Å². The van der Waals surface area contributed by atoms with E-state index in [1.807, 2.05) is 20.8 Å². The highest BCUT2D eigenvalue weighted by atomic mass is 32.1. The van der Waals surface area contributed by atoms with Gasteiger partial charge >= 0.3 is 12.3 Å². The molecular formula is C16H19F3N2O2S. The molecule has 0 bridgehead atoms. The van der Waals surface area contributed by atoms with Gasteiger partial charge in [0.2, 0.25) is 0 Å². The molecule has 1 aliphatic rings. The van der Waals surface area contributed by atoms with Crippen LogP contribution in [0.1, 0.15) is 32.8 Å². The Morgan fingerprint density at radius 2 is 1.83 bits per heavy atom. The molecule has 1 aromatic rings. The normalized spacial score (nSPS) is 18.7. The summed E-state index contributed by atoms with van der Waals surface area (Å²) in [6.07, 6.45) is -5.01. The maximum Gasteiger partial charge on any atom is 0.416 e. The van der Waals surface area contributed by atoms with E-state index in [-0.39, 0.29) is 0 Å². The Kier molecular flexibility index (Phi) is 5.08. The maximum absolute atomic E-state index is 12.6. The van der Waals surface area contributed by atoms with Crippen molar-refractivity contribution >= 4 is 29.0 Å². The van der Waals surface area contributed by atoms with E-state index >= 15 is 0 Å². The number of carbonyl (C=O) groups is 1. The molecule has 1 atom stereocenters. The lowest BCUT2D eigenvalue weighted by atomic mass is 10.1. The molecule has 1 saturated heterocycles. The molecule has 8 heteroatoms. The van der Waals surface area contributed by atoms with E-state index in [2.05, 4.69) is 5.32 Å². The summed E-state index contributed by atoms with van der Waals surface area (Å²) in [4.78, 5) is 13.9. The van der Waals surface area contributed by atoms with Gasteiger partial charge in [0.25, 0.3) is 0 Å². The first-order valence-electron chi connectivity index (χ1n) is 7.45. The first kappa shape index (κ1) is 18.5. The van der Waals surface area contributed by atoms with Crippen molar-refractivity contribution in [2.45, 2.75) is 45.0 Å². The van der Waals surface area contributed by atoms with Gasteiger partial charge in [0.1, 0.15) is 4.99 Å². The van der Waals surface area contributed by atoms with Crippen LogP contribution in [0.15, 0.2) is 24.3 Å². The van der Waals surface area contributed by atoms with Gasteiger partial charge < -0.3 is 15.0 Å². The van der Waals surface area contributed by atoms with Crippen molar-refractivity contribution in [2.24, 2.45) is 0 Å². The fraction of sp³-hybridized carbons (Fsp3) is 0.500. The molecule has 1 aliphatic heterocycles. The van der Waals surface area contributed by atoms with Crippen LogP contribution in [0.2, 0.25) is 0 Å². The van der Waals surface area contributed by atoms with Crippen molar-refractivity contribution < 1.29 is 22.7 Å². The molecule has 0 spiro atoms. The molecule has 1 amide bonds. The number of hydrogen-bond donors (Lipinski definition) is 1. The maximum atomic E-state index is 12.6. The van der Waals surface area contributed by atoms with Gasteiger partial charge in [0, 0.05) is 24.2 Å². The van der Waals surface area contributed by atoms with Gasteiger partial charge in [-0.05, 0) is 45.0 Å². The van der Waals surface area contributed by atoms with Gasteiger partial charge in [-0.2, -0.15) is 13.2 Å². The zero-order valence-electron chi connectivity index (χ0n) is 13.6. The Bertz CT molecular complexity index is 624. The molecule has 0 saturated carbocycles. The number of thiocarbonyl (C=S) groups is 1. The second kappa shape index (κ2) is 6.58. The van der Waals surface area contributed by atoms with Crippen LogP contribution in [0.4, 0.5) is 23.7 Å². The van der Waals surface area contributed by atoms with Crippen LogP contribution in [0.25, 0.3) is 0 Å². The van der Waals surface area contributed by atoms with Crippen LogP contribution in [0.3, 0.4) is 0 Å². The predicted molar refractivity (Wildman–Crippen MR) is 89.2 cm³/mol. The number of anilines is 1. The number of halogens is 3. The average Bonchev–Trinajstić information content (AvgIpc) is 2.77. The number of ether oxygens (including phenoxy) is 1. The van der Waals surface area contributed by atoms with Crippen LogP contribution in [0, 0.1) is 0 Å². The van der Waals surface area contributed by atoms with Crippen molar-refractivity contribution in [3.63, 3.8) is 0 Å². The Labute approximate surface area is 144 Å². The molecule has 2 rings (SSSR count). The summed E-state index contributed by atoms with van der Waals surface area (Å²) >= 11 is 5.31. The highest BCUT2D eigenvalue weighted by molar-refractivity contribution is 7.80. The van der Waals surface area contributed by atoms with Gasteiger partial charge in [0.05, 0.1) is 5.56 Å². The van der Waals surface area contributed by atoms with E-state index in [0.29, 0.717) is 23.6 Å². The summed E-state index contributed by atoms with van der Waals surface area (Å²) in [6.45, 7) is 5.97. The molecule has 1 unspecified atom stereocenters. The molecule has 1 aromatic carbocycles. The molecule has 0 aliphatic carbocycles. The van der Waals surface area contributed by atoms with Crippen molar-refractivity contribution in [3.05, 3.63) is 29.8 Å². The minimum Gasteiger partial charge on any atom is -0.439 e. The minimum atomic E-state index is -4.37. The van der Waals surface area contributed by atoms with Crippen molar-refractivity contribution in [1.82, 2.24) is 5.32 Å². The van der Waals surface area contributed by atoms with Gasteiger partial charge in [-0.25, -0.2) is 4.79 Å². The molecule has 24 heavy (non-hydrogen) atoms. The molecule has 0 radical (unpaired) electrons. The van der Waals surface area contributed by atoms with E-state index < -0.39 is 29.5 Å². The summed E-state index contributed by atoms with van der Waals surface area (Å²) in [7, 11) is 0. The van der Waals surface area contributed by atoms with Crippen LogP contribution in [-0.4, -0.2) is 29.3 Å². The molecule has 1 N–H and O–H groups in total. The molecule has 4 nitrogen and oxygen atoms in total. The molecule has 0 aromatic heterocycles. The van der Waals surface area contributed by atoms with E-state index in [9.17, 15) is 18.0 Å². The number of alkyl carbamates (subject to hydrolysis) is 1. The lowest BCUT2D eigenvalue weighted by molar-refractivity contribution is -0.137. The zero-order chi connectivity index (χ0) is 18.1. The minimum absolute atomic E-state index is 0.388. The van der Waals surface area contributed by atoms with E-state index in [1.54, 1.807) is 4.90 Å². The number of benzene rings is 1. The highest BCUT2D eigenvalue weighted by Gasteiger charge is 2.34. The number of alkyl halides is 3. The van der Waals surface area contributed by atoms with Crippen molar-refractivity contribution in [1.29, 1.82) is 0 Å². The second-order valence-electron chi connectivity index (χ2n) is 6.59. The van der Waals surface area contributed by atoms with Gasteiger partial charge in [-0.15, -0.1) is 0 Å². The number of nitrogens with one attached hydrogen (secondary N) is 1. The molecule has 132 valence electrons. The molecular weight excluding hydrogens is 341 g/mol. The average molecular weight is 360 g/mol. The van der Waals surface area contributed by atoms with Crippen LogP contribution in [0.5, 0.6) is 0 Å². The first-order valence-corrected chi connectivity index (χ1v) is 7.86. The second-order valence-corrected chi connectivity index (χ2v) is 7.01. The lowest BCUT2D eigenvalue weighted by Crippen LogP contribution is -2.43. The SMILES string of the molecule is CC(C)(C)NC(=O)OC1CCN(c2ccc(C(F)(F)F)cc2)C1=S. The number of amides is 1. The summed E-state index contributed by atoms with van der Waals surface area (Å²) in [5.41, 5.74) is -0.589. The fourth-order valence-corrected chi connectivity index (χ4v) is 2.68. The van der Waals surface area contributed by atoms with Gasteiger partial charge in [0.15, 0.2) is 6.10 Å². The Morgan fingerprint density at radius 1 is 1.25 bits per heavy atom. The Balaban J connectivity index is 2.02. The van der Waals surface area contributed by atoms with Crippen LogP contribution >= 0.6 is 12.2 Å². The van der Waals surface area contributed by atoms with E-state index in [4.69, 9.17) is 17.0 Å². The Morgan fingerprint density at radius 3 is 2.33 bits per heavy atom.